The number of hydrogen-bond donors (Lipinski definition) is 1. The molecule has 2 nitrogen and oxygen atoms in total. The quantitative estimate of drug-likeness (QED) is 0.588. The molecule has 0 unspecified atom stereocenters. The highest BCUT2D eigenvalue weighted by Gasteiger charge is 2.28. The van der Waals surface area contributed by atoms with Gasteiger partial charge in [-0.2, -0.15) is 0 Å². The molecule has 52 valence electrons. The molecule has 1 saturated carbocycles. The summed E-state index contributed by atoms with van der Waals surface area (Å²) in [6, 6.07) is 0. The molecule has 0 atom stereocenters. The lowest BCUT2D eigenvalue weighted by molar-refractivity contribution is -0.138. The van der Waals surface area contributed by atoms with Crippen molar-refractivity contribution in [2.24, 2.45) is 5.92 Å². The van der Waals surface area contributed by atoms with Gasteiger partial charge in [0.05, 0.1) is 0 Å². The maximum absolute atomic E-state index is 10.1. The summed E-state index contributed by atoms with van der Waals surface area (Å²) in [5.74, 6) is -0.173. The first-order valence-electron chi connectivity index (χ1n) is 3.04. The van der Waals surface area contributed by atoms with E-state index >= 15 is 0 Å². The average Bonchev–Trinajstić information content (AvgIpc) is 1.60. The fraction of sp³-hybridized carbons (Fsp3) is 0.833. The van der Waals surface area contributed by atoms with Crippen molar-refractivity contribution in [1.29, 1.82) is 0 Å². The Bertz CT molecular complexity index is 118. The van der Waals surface area contributed by atoms with Gasteiger partial charge in [-0.1, -0.05) is 22.6 Å². The molecule has 0 aromatic carbocycles. The number of rotatable bonds is 2. The molecule has 0 bridgehead atoms. The normalized spacial score (nSPS) is 33.4. The Hall–Kier alpha value is 0.200. The Morgan fingerprint density at radius 1 is 1.67 bits per heavy atom. The van der Waals surface area contributed by atoms with Crippen LogP contribution in [0.5, 0.6) is 0 Å². The van der Waals surface area contributed by atoms with Crippen molar-refractivity contribution in [3.8, 4) is 0 Å². The topological polar surface area (TPSA) is 37.3 Å². The van der Waals surface area contributed by atoms with Crippen LogP contribution in [0.25, 0.3) is 0 Å². The number of carboxylic acid groups (broad SMARTS) is 1. The average molecular weight is 240 g/mol. The minimum absolute atomic E-state index is 0.375. The molecular weight excluding hydrogens is 231 g/mol. The van der Waals surface area contributed by atoms with Gasteiger partial charge in [0.1, 0.15) is 0 Å². The van der Waals surface area contributed by atoms with Crippen LogP contribution in [0.4, 0.5) is 0 Å². The third-order valence-electron chi connectivity index (χ3n) is 1.64. The van der Waals surface area contributed by atoms with Crippen molar-refractivity contribution in [3.05, 3.63) is 0 Å². The smallest absolute Gasteiger partial charge is 0.303 e. The van der Waals surface area contributed by atoms with E-state index in [1.165, 1.54) is 0 Å². The summed E-state index contributed by atoms with van der Waals surface area (Å²) < 4.78 is 0.743. The van der Waals surface area contributed by atoms with E-state index < -0.39 is 5.97 Å². The third-order valence-corrected chi connectivity index (χ3v) is 2.66. The number of carbonyl (C=O) groups is 1. The Balaban J connectivity index is 2.11. The van der Waals surface area contributed by atoms with Gasteiger partial charge >= 0.3 is 5.97 Å². The van der Waals surface area contributed by atoms with E-state index in [-0.39, 0.29) is 0 Å². The van der Waals surface area contributed by atoms with Gasteiger partial charge in [-0.05, 0) is 18.8 Å². The standard InChI is InChI=1S/C6H9IO2/c7-5-1-4(2-5)3-6(8)9/h4-5H,1-3H2,(H,8,9)/t4-,5-. The van der Waals surface area contributed by atoms with Crippen LogP contribution in [-0.2, 0) is 4.79 Å². The summed E-state index contributed by atoms with van der Waals surface area (Å²) in [5.41, 5.74) is 0. The predicted octanol–water partition coefficient (Wildman–Crippen LogP) is 1.67. The molecule has 0 amide bonds. The van der Waals surface area contributed by atoms with Crippen LogP contribution in [0.3, 0.4) is 0 Å². The fourth-order valence-corrected chi connectivity index (χ4v) is 2.51. The van der Waals surface area contributed by atoms with Gasteiger partial charge in [-0.25, -0.2) is 0 Å². The SMILES string of the molecule is O=C(O)C[C@H]1C[C@H](I)C1. The molecule has 0 radical (unpaired) electrons. The van der Waals surface area contributed by atoms with E-state index in [4.69, 9.17) is 5.11 Å². The second-order valence-corrected chi connectivity index (χ2v) is 4.29. The third kappa shape index (κ3) is 2.12. The number of halogens is 1. The zero-order valence-corrected chi connectivity index (χ0v) is 7.17. The summed E-state index contributed by atoms with van der Waals surface area (Å²) in [6.07, 6.45) is 2.58. The van der Waals surface area contributed by atoms with E-state index in [9.17, 15) is 4.79 Å². The lowest BCUT2D eigenvalue weighted by Crippen LogP contribution is -2.25. The molecule has 0 aromatic rings. The second kappa shape index (κ2) is 2.86. The van der Waals surface area contributed by atoms with Crippen molar-refractivity contribution in [2.45, 2.75) is 23.2 Å². The minimum Gasteiger partial charge on any atom is -0.481 e. The second-order valence-electron chi connectivity index (χ2n) is 2.53. The summed E-state index contributed by atoms with van der Waals surface area (Å²) in [4.78, 5) is 10.1. The van der Waals surface area contributed by atoms with Crippen molar-refractivity contribution in [3.63, 3.8) is 0 Å². The zero-order chi connectivity index (χ0) is 6.85. The number of aliphatic carboxylic acids is 1. The molecular formula is C6H9IO2. The largest absolute Gasteiger partial charge is 0.481 e. The van der Waals surface area contributed by atoms with Crippen LogP contribution in [0, 0.1) is 5.92 Å². The molecule has 1 aliphatic carbocycles. The molecule has 1 aliphatic rings. The highest BCUT2D eigenvalue weighted by Crippen LogP contribution is 2.35. The Labute approximate surface area is 67.8 Å². The molecule has 3 heteroatoms. The van der Waals surface area contributed by atoms with Gasteiger partial charge < -0.3 is 5.11 Å². The van der Waals surface area contributed by atoms with E-state index in [1.807, 2.05) is 0 Å². The van der Waals surface area contributed by atoms with Gasteiger partial charge in [0.15, 0.2) is 0 Å². The van der Waals surface area contributed by atoms with Gasteiger partial charge in [0, 0.05) is 10.3 Å². The van der Waals surface area contributed by atoms with Gasteiger partial charge in [-0.3, -0.25) is 4.79 Å². The first-order valence-corrected chi connectivity index (χ1v) is 4.29. The van der Waals surface area contributed by atoms with Crippen molar-refractivity contribution >= 4 is 28.6 Å². The Morgan fingerprint density at radius 2 is 2.22 bits per heavy atom. The molecule has 0 spiro atoms. The van der Waals surface area contributed by atoms with Gasteiger partial charge in [-0.15, -0.1) is 0 Å². The highest BCUT2D eigenvalue weighted by molar-refractivity contribution is 14.1. The Kier molecular flexibility index (Phi) is 2.32. The maximum atomic E-state index is 10.1. The molecule has 9 heavy (non-hydrogen) atoms. The van der Waals surface area contributed by atoms with Crippen molar-refractivity contribution in [1.82, 2.24) is 0 Å². The predicted molar refractivity (Wildman–Crippen MR) is 42.8 cm³/mol. The summed E-state index contributed by atoms with van der Waals surface area (Å²) >= 11 is 2.36. The van der Waals surface area contributed by atoms with Crippen LogP contribution < -0.4 is 0 Å². The monoisotopic (exact) mass is 240 g/mol. The molecule has 0 aromatic heterocycles. The van der Waals surface area contributed by atoms with Crippen LogP contribution in [0.1, 0.15) is 19.3 Å². The molecule has 1 fully saturated rings. The van der Waals surface area contributed by atoms with Gasteiger partial charge in [0.25, 0.3) is 0 Å². The minimum atomic E-state index is -0.650. The molecule has 1 rings (SSSR count). The maximum Gasteiger partial charge on any atom is 0.303 e. The Morgan fingerprint density at radius 3 is 2.56 bits per heavy atom. The van der Waals surface area contributed by atoms with E-state index in [1.54, 1.807) is 0 Å². The van der Waals surface area contributed by atoms with E-state index in [2.05, 4.69) is 22.6 Å². The van der Waals surface area contributed by atoms with Crippen molar-refractivity contribution in [2.75, 3.05) is 0 Å². The molecule has 0 aliphatic heterocycles. The number of alkyl halides is 1. The van der Waals surface area contributed by atoms with Crippen LogP contribution >= 0.6 is 22.6 Å². The molecule has 0 heterocycles. The number of hydrogen-bond acceptors (Lipinski definition) is 1. The van der Waals surface area contributed by atoms with Crippen LogP contribution in [0.15, 0.2) is 0 Å². The zero-order valence-electron chi connectivity index (χ0n) is 5.01. The van der Waals surface area contributed by atoms with E-state index in [0.29, 0.717) is 12.3 Å². The first kappa shape index (κ1) is 7.31. The lowest BCUT2D eigenvalue weighted by atomic mass is 9.83. The lowest BCUT2D eigenvalue weighted by Gasteiger charge is -2.29. The van der Waals surface area contributed by atoms with Gasteiger partial charge in [0.2, 0.25) is 0 Å². The van der Waals surface area contributed by atoms with Crippen LogP contribution in [0.2, 0.25) is 0 Å². The number of carboxylic acids is 1. The summed E-state index contributed by atoms with van der Waals surface area (Å²) in [6.45, 7) is 0. The molecule has 1 N–H and O–H groups in total. The molecule has 0 saturated heterocycles. The first-order chi connectivity index (χ1) is 4.18. The summed E-state index contributed by atoms with van der Waals surface area (Å²) in [5, 5.41) is 8.33. The fourth-order valence-electron chi connectivity index (χ4n) is 1.07. The van der Waals surface area contributed by atoms with Crippen LogP contribution in [-0.4, -0.2) is 15.0 Å². The van der Waals surface area contributed by atoms with Crippen molar-refractivity contribution < 1.29 is 9.90 Å². The summed E-state index contributed by atoms with van der Waals surface area (Å²) in [7, 11) is 0. The van der Waals surface area contributed by atoms with E-state index in [0.717, 1.165) is 16.8 Å². The highest BCUT2D eigenvalue weighted by atomic mass is 127.